The van der Waals surface area contributed by atoms with Crippen LogP contribution in [-0.4, -0.2) is 43.0 Å². The lowest BCUT2D eigenvalue weighted by Gasteiger charge is -2.46. The molecule has 1 amide bonds. The first-order valence-electron chi connectivity index (χ1n) is 20.4. The number of benzene rings is 6. The molecule has 6 atom stereocenters. The molecule has 296 valence electrons. The van der Waals surface area contributed by atoms with Crippen LogP contribution in [0.4, 0.5) is 5.69 Å². The summed E-state index contributed by atoms with van der Waals surface area (Å²) in [6.45, 7) is 1.99. The zero-order valence-electron chi connectivity index (χ0n) is 32.8. The van der Waals surface area contributed by atoms with Gasteiger partial charge in [0.05, 0.1) is 51.6 Å². The Morgan fingerprint density at radius 3 is 1.43 bits per heavy atom. The van der Waals surface area contributed by atoms with E-state index in [-0.39, 0.29) is 18.1 Å². The highest BCUT2D eigenvalue weighted by atomic mass is 16.6. The SMILES string of the molecule is O=C1C[C@@H](c2ccc(CC[C@@H]3O[C@H](COCc4ccccc4)[C@H](OCc4ccccc4)[C@H](OCc4ccccc4)[C@@H]3OCc3ccccc3)cc2)N1c1ccccc1. The van der Waals surface area contributed by atoms with Crippen LogP contribution in [0.2, 0.25) is 0 Å². The van der Waals surface area contributed by atoms with Gasteiger partial charge in [0.2, 0.25) is 5.91 Å². The van der Waals surface area contributed by atoms with Crippen molar-refractivity contribution in [1.29, 1.82) is 0 Å². The normalized spacial score (nSPS) is 21.7. The van der Waals surface area contributed by atoms with Gasteiger partial charge >= 0.3 is 0 Å². The van der Waals surface area contributed by atoms with Gasteiger partial charge in [-0.3, -0.25) is 4.79 Å². The molecular weight excluding hydrogens is 723 g/mol. The van der Waals surface area contributed by atoms with Gasteiger partial charge < -0.3 is 28.6 Å². The summed E-state index contributed by atoms with van der Waals surface area (Å²) in [6.07, 6.45) is -0.136. The summed E-state index contributed by atoms with van der Waals surface area (Å²) in [7, 11) is 0. The predicted octanol–water partition coefficient (Wildman–Crippen LogP) is 9.84. The second-order valence-electron chi connectivity index (χ2n) is 15.1. The molecule has 2 heterocycles. The lowest BCUT2D eigenvalue weighted by molar-refractivity contribution is -0.273. The molecule has 58 heavy (non-hydrogen) atoms. The molecule has 2 fully saturated rings. The van der Waals surface area contributed by atoms with Crippen molar-refractivity contribution in [3.63, 3.8) is 0 Å². The quantitative estimate of drug-likeness (QED) is 0.0811. The number of β-lactam (4-membered cyclic amide) rings is 1. The van der Waals surface area contributed by atoms with Crippen LogP contribution >= 0.6 is 0 Å². The monoisotopic (exact) mass is 773 g/mol. The first-order valence-corrected chi connectivity index (χ1v) is 20.4. The van der Waals surface area contributed by atoms with Crippen LogP contribution in [0.5, 0.6) is 0 Å². The number of carbonyl (C=O) groups excluding carboxylic acids is 1. The molecule has 0 N–H and O–H groups in total. The zero-order valence-corrected chi connectivity index (χ0v) is 32.8. The molecule has 0 aromatic heterocycles. The molecule has 2 saturated heterocycles. The molecule has 2 aliphatic heterocycles. The van der Waals surface area contributed by atoms with Crippen molar-refractivity contribution < 1.29 is 28.5 Å². The second-order valence-corrected chi connectivity index (χ2v) is 15.1. The standard InChI is InChI=1S/C51H51NO6/c53-48-32-45(52(48)44-24-14-5-15-25-44)43-29-26-38(27-30-43)28-31-46-49(55-34-40-18-8-2-9-19-40)51(57-36-42-22-12-4-13-23-42)50(56-35-41-20-10-3-11-21-41)47(58-46)37-54-33-39-16-6-1-7-17-39/h1-27,29-30,45-47,49-51H,28,31-37H2/t45-,46-,47+,49+,50-,51+/m0/s1. The van der Waals surface area contributed by atoms with Crippen molar-refractivity contribution in [1.82, 2.24) is 0 Å². The summed E-state index contributed by atoms with van der Waals surface area (Å²) < 4.78 is 34.2. The summed E-state index contributed by atoms with van der Waals surface area (Å²) in [4.78, 5) is 14.6. The average Bonchev–Trinajstić information content (AvgIpc) is 3.28. The van der Waals surface area contributed by atoms with E-state index in [4.69, 9.17) is 23.7 Å². The van der Waals surface area contributed by atoms with Crippen LogP contribution in [0.3, 0.4) is 0 Å². The van der Waals surface area contributed by atoms with Gasteiger partial charge in [0.25, 0.3) is 0 Å². The fourth-order valence-corrected chi connectivity index (χ4v) is 7.93. The number of nitrogens with zero attached hydrogens (tertiary/aromatic N) is 1. The maximum atomic E-state index is 12.7. The van der Waals surface area contributed by atoms with Crippen molar-refractivity contribution in [2.75, 3.05) is 11.5 Å². The number of hydrogen-bond acceptors (Lipinski definition) is 6. The van der Waals surface area contributed by atoms with Gasteiger partial charge in [0, 0.05) is 5.69 Å². The van der Waals surface area contributed by atoms with E-state index in [1.807, 2.05) is 108 Å². The van der Waals surface area contributed by atoms with Gasteiger partial charge in [-0.05, 0) is 58.4 Å². The highest BCUT2D eigenvalue weighted by Crippen LogP contribution is 2.39. The highest BCUT2D eigenvalue weighted by molar-refractivity contribution is 6.01. The minimum atomic E-state index is -0.478. The minimum absolute atomic E-state index is 0.0355. The Hall–Kier alpha value is -5.41. The van der Waals surface area contributed by atoms with Crippen molar-refractivity contribution >= 4 is 11.6 Å². The third kappa shape index (κ3) is 10.2. The van der Waals surface area contributed by atoms with Gasteiger partial charge in [-0.2, -0.15) is 0 Å². The van der Waals surface area contributed by atoms with E-state index in [1.165, 1.54) is 5.56 Å². The Morgan fingerprint density at radius 2 is 0.931 bits per heavy atom. The van der Waals surface area contributed by atoms with Crippen LogP contribution in [0.25, 0.3) is 0 Å². The number of anilines is 1. The summed E-state index contributed by atoms with van der Waals surface area (Å²) >= 11 is 0. The first-order chi connectivity index (χ1) is 28.7. The Balaban J connectivity index is 1.05. The topological polar surface area (TPSA) is 66.5 Å². The Morgan fingerprint density at radius 1 is 0.483 bits per heavy atom. The van der Waals surface area contributed by atoms with Crippen molar-refractivity contribution in [2.45, 2.75) is 82.3 Å². The predicted molar refractivity (Wildman–Crippen MR) is 226 cm³/mol. The summed E-state index contributed by atoms with van der Waals surface area (Å²) in [5, 5.41) is 0. The van der Waals surface area contributed by atoms with Gasteiger partial charge in [-0.1, -0.05) is 164 Å². The molecule has 0 radical (unpaired) electrons. The fraction of sp³-hybridized carbons (Fsp3) is 0.275. The van der Waals surface area contributed by atoms with E-state index in [0.29, 0.717) is 45.9 Å². The fourth-order valence-electron chi connectivity index (χ4n) is 7.93. The highest BCUT2D eigenvalue weighted by Gasteiger charge is 2.48. The molecule has 0 aliphatic carbocycles. The molecule has 2 aliphatic rings. The van der Waals surface area contributed by atoms with E-state index in [1.54, 1.807) is 0 Å². The molecule has 7 nitrogen and oxygen atoms in total. The van der Waals surface area contributed by atoms with Crippen LogP contribution in [-0.2, 0) is 61.3 Å². The van der Waals surface area contributed by atoms with Crippen molar-refractivity contribution in [2.24, 2.45) is 0 Å². The molecule has 0 bridgehead atoms. The molecular formula is C51H51NO6. The molecule has 0 saturated carbocycles. The maximum Gasteiger partial charge on any atom is 0.230 e. The van der Waals surface area contributed by atoms with Gasteiger partial charge in [-0.15, -0.1) is 0 Å². The van der Waals surface area contributed by atoms with Crippen molar-refractivity contribution in [3.8, 4) is 0 Å². The third-order valence-electron chi connectivity index (χ3n) is 11.0. The zero-order chi connectivity index (χ0) is 39.4. The summed E-state index contributed by atoms with van der Waals surface area (Å²) in [6, 6.07) is 59.5. The summed E-state index contributed by atoms with van der Waals surface area (Å²) in [5.74, 6) is 0.147. The number of hydrogen-bond donors (Lipinski definition) is 0. The van der Waals surface area contributed by atoms with Crippen LogP contribution < -0.4 is 4.90 Å². The van der Waals surface area contributed by atoms with Gasteiger partial charge in [0.1, 0.15) is 24.4 Å². The maximum absolute atomic E-state index is 12.7. The molecule has 0 spiro atoms. The Labute approximate surface area is 342 Å². The second kappa shape index (κ2) is 19.8. The van der Waals surface area contributed by atoms with E-state index in [9.17, 15) is 4.79 Å². The van der Waals surface area contributed by atoms with Crippen LogP contribution in [0.15, 0.2) is 176 Å². The molecule has 6 aromatic carbocycles. The number of carbonyl (C=O) groups is 1. The van der Waals surface area contributed by atoms with Crippen molar-refractivity contribution in [3.05, 3.63) is 209 Å². The smallest absolute Gasteiger partial charge is 0.230 e. The number of para-hydroxylation sites is 1. The molecule has 0 unspecified atom stereocenters. The Kier molecular flexibility index (Phi) is 13.5. The van der Waals surface area contributed by atoms with E-state index >= 15 is 0 Å². The third-order valence-corrected chi connectivity index (χ3v) is 11.0. The molecule has 6 aromatic rings. The average molecular weight is 774 g/mol. The van der Waals surface area contributed by atoms with E-state index in [2.05, 4.69) is 72.8 Å². The van der Waals surface area contributed by atoms with Crippen LogP contribution in [0, 0.1) is 0 Å². The van der Waals surface area contributed by atoms with Gasteiger partial charge in [0.15, 0.2) is 0 Å². The van der Waals surface area contributed by atoms with Gasteiger partial charge in [-0.25, -0.2) is 0 Å². The molecule has 7 heteroatoms. The number of rotatable bonds is 18. The van der Waals surface area contributed by atoms with Crippen LogP contribution in [0.1, 0.15) is 52.3 Å². The lowest BCUT2D eigenvalue weighted by atomic mass is 9.89. The first kappa shape index (κ1) is 39.4. The van der Waals surface area contributed by atoms with E-state index < -0.39 is 24.4 Å². The van der Waals surface area contributed by atoms with E-state index in [0.717, 1.165) is 39.9 Å². The Bertz CT molecular complexity index is 2120. The number of amides is 1. The lowest BCUT2D eigenvalue weighted by Crippen LogP contribution is -2.61. The number of aryl methyl sites for hydroxylation is 1. The summed E-state index contributed by atoms with van der Waals surface area (Å²) in [5.41, 5.74) is 7.57. The molecule has 8 rings (SSSR count). The number of ether oxygens (including phenoxy) is 5. The minimum Gasteiger partial charge on any atom is -0.374 e. The largest absolute Gasteiger partial charge is 0.374 e.